The topological polar surface area (TPSA) is 67.2 Å². The number of nitrogens with one attached hydrogen (secondary N) is 1. The van der Waals surface area contributed by atoms with Crippen LogP contribution in [0.25, 0.3) is 20.2 Å². The minimum Gasteiger partial charge on any atom is -0.353 e. The number of carbonyl (C=O) groups excluding carboxylic acids is 1. The molecule has 0 radical (unpaired) electrons. The number of unbranched alkanes of at least 4 members (excludes halogenated alkanes) is 1. The van der Waals surface area contributed by atoms with Gasteiger partial charge in [-0.1, -0.05) is 45.4 Å². The maximum atomic E-state index is 13.3. The highest BCUT2D eigenvalue weighted by Crippen LogP contribution is 2.33. The second-order valence-corrected chi connectivity index (χ2v) is 8.69. The Bertz CT molecular complexity index is 1070. The van der Waals surface area contributed by atoms with Crippen molar-refractivity contribution in [3.8, 4) is 0 Å². The molecular formula is C23H32N4O2S. The first-order chi connectivity index (χ1) is 14.5. The number of hydrogen-bond donors (Lipinski definition) is 1. The lowest BCUT2D eigenvalue weighted by Crippen LogP contribution is -2.41. The Labute approximate surface area is 181 Å². The SMILES string of the molecule is CCCCN(CC)CCNC(=O)C(CC)n1nc(C)c2sc3ccccc3c2c1=O. The Kier molecular flexibility index (Phi) is 7.61. The fourth-order valence-electron chi connectivity index (χ4n) is 3.82. The van der Waals surface area contributed by atoms with E-state index < -0.39 is 6.04 Å². The Balaban J connectivity index is 1.84. The van der Waals surface area contributed by atoms with Gasteiger partial charge in [0.25, 0.3) is 5.56 Å². The minimum absolute atomic E-state index is 0.142. The third kappa shape index (κ3) is 4.57. The van der Waals surface area contributed by atoms with Crippen LogP contribution in [0, 0.1) is 6.92 Å². The third-order valence-electron chi connectivity index (χ3n) is 5.59. The molecule has 3 rings (SSSR count). The highest BCUT2D eigenvalue weighted by molar-refractivity contribution is 7.26. The quantitative estimate of drug-likeness (QED) is 0.528. The number of nitrogens with zero attached hydrogens (tertiary/aromatic N) is 3. The van der Waals surface area contributed by atoms with E-state index in [-0.39, 0.29) is 11.5 Å². The van der Waals surface area contributed by atoms with Gasteiger partial charge in [0.05, 0.1) is 15.8 Å². The standard InChI is InChI=1S/C23H32N4O2S/c1-5-8-14-26(7-3)15-13-24-22(28)18(6-2)27-23(29)20-17-11-9-10-12-19(17)30-21(20)16(4)25-27/h9-12,18H,5-8,13-15H2,1-4H3,(H,24,28). The fraction of sp³-hybridized carbons (Fsp3) is 0.522. The lowest BCUT2D eigenvalue weighted by atomic mass is 10.1. The van der Waals surface area contributed by atoms with Crippen molar-refractivity contribution in [3.63, 3.8) is 0 Å². The van der Waals surface area contributed by atoms with Crippen LogP contribution in [0.4, 0.5) is 0 Å². The van der Waals surface area contributed by atoms with Crippen LogP contribution < -0.4 is 10.9 Å². The number of rotatable bonds is 10. The molecule has 0 saturated carbocycles. The fourth-order valence-corrected chi connectivity index (χ4v) is 4.96. The summed E-state index contributed by atoms with van der Waals surface area (Å²) in [6.45, 7) is 11.5. The molecule has 0 fully saturated rings. The molecule has 1 N–H and O–H groups in total. The van der Waals surface area contributed by atoms with Crippen LogP contribution in [0.2, 0.25) is 0 Å². The lowest BCUT2D eigenvalue weighted by Gasteiger charge is -2.22. The van der Waals surface area contributed by atoms with Crippen molar-refractivity contribution < 1.29 is 4.79 Å². The molecule has 6 nitrogen and oxygen atoms in total. The van der Waals surface area contributed by atoms with Crippen LogP contribution in [-0.2, 0) is 4.79 Å². The number of likely N-dealkylation sites (N-methyl/N-ethyl adjacent to an activating group) is 1. The minimum atomic E-state index is -0.606. The molecule has 162 valence electrons. The predicted molar refractivity (Wildman–Crippen MR) is 125 cm³/mol. The summed E-state index contributed by atoms with van der Waals surface area (Å²) in [4.78, 5) is 28.6. The summed E-state index contributed by atoms with van der Waals surface area (Å²) in [6.07, 6.45) is 2.83. The highest BCUT2D eigenvalue weighted by Gasteiger charge is 2.24. The van der Waals surface area contributed by atoms with Crippen LogP contribution >= 0.6 is 11.3 Å². The maximum absolute atomic E-state index is 13.3. The molecule has 2 aromatic heterocycles. The molecule has 1 unspecified atom stereocenters. The Morgan fingerprint density at radius 1 is 1.23 bits per heavy atom. The van der Waals surface area contributed by atoms with Crippen molar-refractivity contribution in [2.75, 3.05) is 26.2 Å². The van der Waals surface area contributed by atoms with Crippen molar-refractivity contribution in [1.29, 1.82) is 0 Å². The van der Waals surface area contributed by atoms with Gasteiger partial charge in [0.15, 0.2) is 0 Å². The van der Waals surface area contributed by atoms with E-state index in [1.54, 1.807) is 11.3 Å². The van der Waals surface area contributed by atoms with Crippen molar-refractivity contribution in [1.82, 2.24) is 20.0 Å². The number of aromatic nitrogens is 2. The van der Waals surface area contributed by atoms with Crippen molar-refractivity contribution in [2.45, 2.75) is 53.0 Å². The highest BCUT2D eigenvalue weighted by atomic mass is 32.1. The smallest absolute Gasteiger partial charge is 0.276 e. The van der Waals surface area contributed by atoms with E-state index in [4.69, 9.17) is 0 Å². The molecular weight excluding hydrogens is 396 g/mol. The van der Waals surface area contributed by atoms with Crippen molar-refractivity contribution >= 4 is 37.4 Å². The van der Waals surface area contributed by atoms with E-state index in [1.807, 2.05) is 38.1 Å². The Hall–Kier alpha value is -2.25. The van der Waals surface area contributed by atoms with Gasteiger partial charge in [0, 0.05) is 23.2 Å². The van der Waals surface area contributed by atoms with E-state index in [0.717, 1.165) is 53.0 Å². The number of amides is 1. The molecule has 0 aliphatic heterocycles. The van der Waals surface area contributed by atoms with Crippen LogP contribution in [0.1, 0.15) is 51.8 Å². The molecule has 0 aliphatic rings. The third-order valence-corrected chi connectivity index (χ3v) is 6.87. The van der Waals surface area contributed by atoms with Gasteiger partial charge >= 0.3 is 0 Å². The molecule has 0 bridgehead atoms. The number of carbonyl (C=O) groups is 1. The van der Waals surface area contributed by atoms with Gasteiger partial charge in [0.1, 0.15) is 6.04 Å². The molecule has 1 atom stereocenters. The average molecular weight is 429 g/mol. The summed E-state index contributed by atoms with van der Waals surface area (Å²) < 4.78 is 3.36. The van der Waals surface area contributed by atoms with E-state index in [9.17, 15) is 9.59 Å². The first-order valence-electron chi connectivity index (χ1n) is 10.9. The van der Waals surface area contributed by atoms with Gasteiger partial charge in [-0.15, -0.1) is 11.3 Å². The molecule has 7 heteroatoms. The summed E-state index contributed by atoms with van der Waals surface area (Å²) in [7, 11) is 0. The summed E-state index contributed by atoms with van der Waals surface area (Å²) in [5, 5.41) is 9.16. The molecule has 30 heavy (non-hydrogen) atoms. The van der Waals surface area contributed by atoms with E-state index in [0.29, 0.717) is 18.4 Å². The van der Waals surface area contributed by atoms with Gasteiger partial charge in [-0.25, -0.2) is 4.68 Å². The van der Waals surface area contributed by atoms with Gasteiger partial charge in [-0.2, -0.15) is 5.10 Å². The van der Waals surface area contributed by atoms with E-state index in [1.165, 1.54) is 4.68 Å². The number of benzene rings is 1. The van der Waals surface area contributed by atoms with Crippen molar-refractivity contribution in [2.24, 2.45) is 0 Å². The average Bonchev–Trinajstić information content (AvgIpc) is 3.15. The van der Waals surface area contributed by atoms with Crippen LogP contribution in [0.3, 0.4) is 0 Å². The first-order valence-corrected chi connectivity index (χ1v) is 11.7. The van der Waals surface area contributed by atoms with Gasteiger partial charge < -0.3 is 10.2 Å². The number of thiophene rings is 1. The first kappa shape index (κ1) is 22.4. The van der Waals surface area contributed by atoms with Crippen LogP contribution in [-0.4, -0.2) is 46.8 Å². The lowest BCUT2D eigenvalue weighted by molar-refractivity contribution is -0.124. The second-order valence-electron chi connectivity index (χ2n) is 7.64. The zero-order valence-electron chi connectivity index (χ0n) is 18.4. The normalized spacial score (nSPS) is 12.7. The van der Waals surface area contributed by atoms with Gasteiger partial charge in [0.2, 0.25) is 5.91 Å². The molecule has 0 aliphatic carbocycles. The Morgan fingerprint density at radius 3 is 2.70 bits per heavy atom. The summed E-state index contributed by atoms with van der Waals surface area (Å²) in [6, 6.07) is 7.30. The van der Waals surface area contributed by atoms with Crippen molar-refractivity contribution in [3.05, 3.63) is 40.3 Å². The van der Waals surface area contributed by atoms with Crippen LogP contribution in [0.15, 0.2) is 29.1 Å². The largest absolute Gasteiger partial charge is 0.353 e. The summed E-state index contributed by atoms with van der Waals surface area (Å²) in [5.74, 6) is -0.142. The number of hydrogen-bond acceptors (Lipinski definition) is 5. The molecule has 0 saturated heterocycles. The van der Waals surface area contributed by atoms with Crippen LogP contribution in [0.5, 0.6) is 0 Å². The molecule has 3 aromatic rings. The monoisotopic (exact) mass is 428 g/mol. The van der Waals surface area contributed by atoms with Gasteiger partial charge in [-0.3, -0.25) is 9.59 Å². The zero-order chi connectivity index (χ0) is 21.7. The van der Waals surface area contributed by atoms with E-state index in [2.05, 4.69) is 29.2 Å². The number of fused-ring (bicyclic) bond motifs is 3. The summed E-state index contributed by atoms with van der Waals surface area (Å²) >= 11 is 1.58. The predicted octanol–water partition coefficient (Wildman–Crippen LogP) is 4.11. The molecule has 1 aromatic carbocycles. The second kappa shape index (κ2) is 10.2. The zero-order valence-corrected chi connectivity index (χ0v) is 19.2. The Morgan fingerprint density at radius 2 is 2.00 bits per heavy atom. The molecule has 2 heterocycles. The summed E-state index contributed by atoms with van der Waals surface area (Å²) in [5.41, 5.74) is 0.599. The molecule has 1 amide bonds. The molecule has 0 spiro atoms. The number of aryl methyl sites for hydroxylation is 1. The van der Waals surface area contributed by atoms with Gasteiger partial charge in [-0.05, 0) is 38.9 Å². The van der Waals surface area contributed by atoms with E-state index >= 15 is 0 Å². The maximum Gasteiger partial charge on any atom is 0.276 e.